The van der Waals surface area contributed by atoms with Crippen LogP contribution in [0.4, 0.5) is 4.39 Å². The molecule has 2 heterocycles. The van der Waals surface area contributed by atoms with Crippen LogP contribution in [0.15, 0.2) is 42.5 Å². The Kier molecular flexibility index (Phi) is 4.86. The summed E-state index contributed by atoms with van der Waals surface area (Å²) in [4.78, 5) is 29.5. The molecule has 0 fully saturated rings. The SMILES string of the molecule is CC(=O)N1CCc2[nH]c3ccc(C(=O)NCCc4ccc(F)cc4)cc3c2C1. The van der Waals surface area contributed by atoms with Gasteiger partial charge in [-0.25, -0.2) is 4.39 Å². The van der Waals surface area contributed by atoms with Crippen molar-refractivity contribution in [3.05, 3.63) is 70.7 Å². The number of aromatic nitrogens is 1. The van der Waals surface area contributed by atoms with Crippen LogP contribution in [0.1, 0.15) is 34.1 Å². The first kappa shape index (κ1) is 18.2. The quantitative estimate of drug-likeness (QED) is 0.731. The Labute approximate surface area is 162 Å². The molecule has 2 aromatic carbocycles. The van der Waals surface area contributed by atoms with E-state index in [-0.39, 0.29) is 17.6 Å². The van der Waals surface area contributed by atoms with E-state index in [2.05, 4.69) is 10.3 Å². The first-order valence-corrected chi connectivity index (χ1v) is 9.43. The first-order valence-electron chi connectivity index (χ1n) is 9.43. The third-order valence-corrected chi connectivity index (χ3v) is 5.30. The maximum atomic E-state index is 13.0. The molecule has 144 valence electrons. The number of carbonyl (C=O) groups excluding carboxylic acids is 2. The van der Waals surface area contributed by atoms with E-state index < -0.39 is 0 Å². The van der Waals surface area contributed by atoms with Crippen molar-refractivity contribution < 1.29 is 14.0 Å². The van der Waals surface area contributed by atoms with Crippen molar-refractivity contribution in [2.45, 2.75) is 26.3 Å². The highest BCUT2D eigenvalue weighted by Gasteiger charge is 2.22. The standard InChI is InChI=1S/C22H22FN3O2/c1-14(27)26-11-9-21-19(13-26)18-12-16(4-7-20(18)25-21)22(28)24-10-8-15-2-5-17(23)6-3-15/h2-7,12,25H,8-11,13H2,1H3,(H,24,28). The molecule has 0 aliphatic carbocycles. The van der Waals surface area contributed by atoms with Gasteiger partial charge < -0.3 is 15.2 Å². The van der Waals surface area contributed by atoms with E-state index in [1.807, 2.05) is 17.0 Å². The van der Waals surface area contributed by atoms with Gasteiger partial charge in [0.1, 0.15) is 5.82 Å². The fourth-order valence-electron chi connectivity index (χ4n) is 3.70. The average molecular weight is 379 g/mol. The van der Waals surface area contributed by atoms with E-state index in [0.717, 1.165) is 34.1 Å². The van der Waals surface area contributed by atoms with Gasteiger partial charge in [0.15, 0.2) is 0 Å². The van der Waals surface area contributed by atoms with Gasteiger partial charge in [0.25, 0.3) is 5.91 Å². The highest BCUT2D eigenvalue weighted by atomic mass is 19.1. The Hall–Kier alpha value is -3.15. The summed E-state index contributed by atoms with van der Waals surface area (Å²) < 4.78 is 13.0. The van der Waals surface area contributed by atoms with Crippen LogP contribution in [0.5, 0.6) is 0 Å². The number of nitrogens with zero attached hydrogens (tertiary/aromatic N) is 1. The van der Waals surface area contributed by atoms with Gasteiger partial charge in [-0.3, -0.25) is 9.59 Å². The summed E-state index contributed by atoms with van der Waals surface area (Å²) in [5, 5.41) is 3.91. The lowest BCUT2D eigenvalue weighted by atomic mass is 10.0. The Balaban J connectivity index is 1.48. The highest BCUT2D eigenvalue weighted by Crippen LogP contribution is 2.28. The number of halogens is 1. The molecule has 1 aliphatic heterocycles. The maximum Gasteiger partial charge on any atom is 0.251 e. The van der Waals surface area contributed by atoms with Crippen molar-refractivity contribution in [1.29, 1.82) is 0 Å². The molecule has 3 aromatic rings. The molecular weight excluding hydrogens is 357 g/mol. The van der Waals surface area contributed by atoms with E-state index in [4.69, 9.17) is 0 Å². The molecule has 1 aromatic heterocycles. The van der Waals surface area contributed by atoms with Gasteiger partial charge in [-0.1, -0.05) is 12.1 Å². The Morgan fingerprint density at radius 1 is 1.18 bits per heavy atom. The molecule has 2 N–H and O–H groups in total. The van der Waals surface area contributed by atoms with Crippen LogP contribution in [0.25, 0.3) is 10.9 Å². The molecule has 28 heavy (non-hydrogen) atoms. The average Bonchev–Trinajstić information content (AvgIpc) is 3.06. The third kappa shape index (κ3) is 3.63. The second-order valence-electron chi connectivity index (χ2n) is 7.17. The molecule has 0 radical (unpaired) electrons. The van der Waals surface area contributed by atoms with Gasteiger partial charge >= 0.3 is 0 Å². The Bertz CT molecular complexity index is 1040. The minimum absolute atomic E-state index is 0.0645. The third-order valence-electron chi connectivity index (χ3n) is 5.30. The maximum absolute atomic E-state index is 13.0. The highest BCUT2D eigenvalue weighted by molar-refractivity contribution is 5.99. The molecule has 0 unspecified atom stereocenters. The number of hydrogen-bond acceptors (Lipinski definition) is 2. The molecule has 1 aliphatic rings. The van der Waals surface area contributed by atoms with Crippen LogP contribution in [-0.2, 0) is 24.2 Å². The fourth-order valence-corrected chi connectivity index (χ4v) is 3.70. The Morgan fingerprint density at radius 3 is 2.71 bits per heavy atom. The van der Waals surface area contributed by atoms with E-state index in [9.17, 15) is 14.0 Å². The minimum atomic E-state index is -0.265. The predicted octanol–water partition coefficient (Wildman–Crippen LogP) is 3.18. The second-order valence-corrected chi connectivity index (χ2v) is 7.17. The molecule has 0 saturated carbocycles. The zero-order chi connectivity index (χ0) is 19.7. The zero-order valence-electron chi connectivity index (χ0n) is 15.7. The van der Waals surface area contributed by atoms with Crippen molar-refractivity contribution in [1.82, 2.24) is 15.2 Å². The number of nitrogens with one attached hydrogen (secondary N) is 2. The lowest BCUT2D eigenvalue weighted by Crippen LogP contribution is -2.33. The van der Waals surface area contributed by atoms with E-state index in [0.29, 0.717) is 31.6 Å². The summed E-state index contributed by atoms with van der Waals surface area (Å²) >= 11 is 0. The molecule has 0 bridgehead atoms. The van der Waals surface area contributed by atoms with Crippen LogP contribution >= 0.6 is 0 Å². The summed E-state index contributed by atoms with van der Waals surface area (Å²) in [5.41, 5.74) is 4.78. The summed E-state index contributed by atoms with van der Waals surface area (Å²) in [6, 6.07) is 11.9. The number of carbonyl (C=O) groups is 2. The van der Waals surface area contributed by atoms with Gasteiger partial charge in [0.05, 0.1) is 0 Å². The topological polar surface area (TPSA) is 65.2 Å². The molecule has 5 nitrogen and oxygen atoms in total. The lowest BCUT2D eigenvalue weighted by Gasteiger charge is -2.26. The van der Waals surface area contributed by atoms with Gasteiger partial charge in [-0.2, -0.15) is 0 Å². The summed E-state index contributed by atoms with van der Waals surface area (Å²) in [5.74, 6) is -0.341. The van der Waals surface area contributed by atoms with Crippen molar-refractivity contribution in [3.63, 3.8) is 0 Å². The number of hydrogen-bond donors (Lipinski definition) is 2. The molecule has 0 spiro atoms. The summed E-state index contributed by atoms with van der Waals surface area (Å²) in [6.45, 7) is 3.35. The number of fused-ring (bicyclic) bond motifs is 3. The summed E-state index contributed by atoms with van der Waals surface area (Å²) in [7, 11) is 0. The number of benzene rings is 2. The zero-order valence-corrected chi connectivity index (χ0v) is 15.7. The van der Waals surface area contributed by atoms with Gasteiger partial charge in [-0.15, -0.1) is 0 Å². The number of rotatable bonds is 4. The molecule has 4 rings (SSSR count). The summed E-state index contributed by atoms with van der Waals surface area (Å²) in [6.07, 6.45) is 1.43. The monoisotopic (exact) mass is 379 g/mol. The van der Waals surface area contributed by atoms with Crippen molar-refractivity contribution >= 4 is 22.7 Å². The van der Waals surface area contributed by atoms with E-state index in [1.165, 1.54) is 12.1 Å². The smallest absolute Gasteiger partial charge is 0.251 e. The largest absolute Gasteiger partial charge is 0.358 e. The van der Waals surface area contributed by atoms with Gasteiger partial charge in [-0.05, 0) is 42.3 Å². The Morgan fingerprint density at radius 2 is 1.96 bits per heavy atom. The predicted molar refractivity (Wildman–Crippen MR) is 106 cm³/mol. The van der Waals surface area contributed by atoms with Crippen molar-refractivity contribution in [2.75, 3.05) is 13.1 Å². The van der Waals surface area contributed by atoms with Crippen LogP contribution in [0.2, 0.25) is 0 Å². The van der Waals surface area contributed by atoms with Crippen LogP contribution in [0, 0.1) is 5.82 Å². The van der Waals surface area contributed by atoms with Crippen LogP contribution in [0.3, 0.4) is 0 Å². The number of H-pyrrole nitrogens is 1. The van der Waals surface area contributed by atoms with Crippen LogP contribution < -0.4 is 5.32 Å². The molecule has 0 atom stereocenters. The number of amides is 2. The second kappa shape index (κ2) is 7.46. The number of aromatic amines is 1. The molecule has 0 saturated heterocycles. The molecule has 2 amide bonds. The van der Waals surface area contributed by atoms with Gasteiger partial charge in [0.2, 0.25) is 5.91 Å². The normalized spacial score (nSPS) is 13.4. The van der Waals surface area contributed by atoms with E-state index in [1.54, 1.807) is 25.1 Å². The van der Waals surface area contributed by atoms with Crippen molar-refractivity contribution in [2.24, 2.45) is 0 Å². The molecule has 6 heteroatoms. The van der Waals surface area contributed by atoms with Crippen molar-refractivity contribution in [3.8, 4) is 0 Å². The minimum Gasteiger partial charge on any atom is -0.358 e. The van der Waals surface area contributed by atoms with Crippen LogP contribution in [-0.4, -0.2) is 34.8 Å². The lowest BCUT2D eigenvalue weighted by molar-refractivity contribution is -0.129. The first-order chi connectivity index (χ1) is 13.5. The van der Waals surface area contributed by atoms with Gasteiger partial charge in [0, 0.05) is 60.7 Å². The fraction of sp³-hybridized carbons (Fsp3) is 0.273. The van der Waals surface area contributed by atoms with E-state index >= 15 is 0 Å². The molecular formula is C22H22FN3O2.